The van der Waals surface area contributed by atoms with Crippen LogP contribution < -0.4 is 5.69 Å². The molecule has 130 valence electrons. The van der Waals surface area contributed by atoms with Gasteiger partial charge in [0.05, 0.1) is 18.3 Å². The minimum absolute atomic E-state index is 0.310. The lowest BCUT2D eigenvalue weighted by molar-refractivity contribution is 0.561. The van der Waals surface area contributed by atoms with E-state index in [4.69, 9.17) is 11.6 Å². The molecule has 0 fully saturated rings. The SMILES string of the molecule is CN(C)/C=N/c1nc(=O)n(S(=O)(=O)CC2C=CC(Cl)=CC2)cc1F. The summed E-state index contributed by atoms with van der Waals surface area (Å²) in [5, 5.41) is 0.525. The van der Waals surface area contributed by atoms with Crippen LogP contribution in [0.4, 0.5) is 10.2 Å². The molecule has 1 aliphatic carbocycles. The van der Waals surface area contributed by atoms with Crippen LogP contribution in [0.2, 0.25) is 0 Å². The van der Waals surface area contributed by atoms with Gasteiger partial charge in [0.15, 0.2) is 11.6 Å². The summed E-state index contributed by atoms with van der Waals surface area (Å²) >= 11 is 5.78. The predicted molar refractivity (Wildman–Crippen MR) is 90.7 cm³/mol. The van der Waals surface area contributed by atoms with Crippen LogP contribution in [0.15, 0.2) is 39.2 Å². The van der Waals surface area contributed by atoms with Crippen LogP contribution >= 0.6 is 11.6 Å². The van der Waals surface area contributed by atoms with E-state index in [1.165, 1.54) is 11.2 Å². The molecule has 0 spiro atoms. The third kappa shape index (κ3) is 4.51. The minimum atomic E-state index is -4.06. The van der Waals surface area contributed by atoms with E-state index < -0.39 is 27.3 Å². The molecule has 1 heterocycles. The largest absolute Gasteiger partial charge is 0.369 e. The Labute approximate surface area is 143 Å². The lowest BCUT2D eigenvalue weighted by atomic mass is 10.0. The standard InChI is InChI=1S/C14H16ClFN4O3S/c1-19(2)9-17-13-12(16)7-20(14(21)18-13)24(22,23)8-10-3-5-11(15)6-4-10/h3,5-7,9-10H,4,8H2,1-2H3/b17-9+. The van der Waals surface area contributed by atoms with Gasteiger partial charge in [0.1, 0.15) is 0 Å². The zero-order valence-corrected chi connectivity index (χ0v) is 14.6. The van der Waals surface area contributed by atoms with E-state index in [2.05, 4.69) is 9.98 Å². The third-order valence-corrected chi connectivity index (χ3v) is 5.10. The van der Waals surface area contributed by atoms with Crippen LogP contribution in [0.25, 0.3) is 0 Å². The molecule has 7 nitrogen and oxygen atoms in total. The summed E-state index contributed by atoms with van der Waals surface area (Å²) in [6.07, 6.45) is 7.19. The quantitative estimate of drug-likeness (QED) is 0.575. The van der Waals surface area contributed by atoms with Crippen molar-refractivity contribution in [3.8, 4) is 0 Å². The normalized spacial score (nSPS) is 18.0. The molecular formula is C14H16ClFN4O3S. The van der Waals surface area contributed by atoms with E-state index in [-0.39, 0.29) is 11.7 Å². The van der Waals surface area contributed by atoms with Gasteiger partial charge in [-0.05, 0) is 18.4 Å². The predicted octanol–water partition coefficient (Wildman–Crippen LogP) is 1.48. The van der Waals surface area contributed by atoms with Gasteiger partial charge in [-0.3, -0.25) is 0 Å². The van der Waals surface area contributed by atoms with Gasteiger partial charge in [-0.25, -0.2) is 22.6 Å². The summed E-state index contributed by atoms with van der Waals surface area (Å²) in [6, 6.07) is 0. The fourth-order valence-corrected chi connectivity index (χ4v) is 3.62. The molecule has 1 atom stereocenters. The highest BCUT2D eigenvalue weighted by atomic mass is 35.5. The zero-order valence-electron chi connectivity index (χ0n) is 13.1. The zero-order chi connectivity index (χ0) is 17.9. The van der Waals surface area contributed by atoms with E-state index in [1.54, 1.807) is 32.3 Å². The molecule has 0 saturated carbocycles. The molecular weight excluding hydrogens is 359 g/mol. The highest BCUT2D eigenvalue weighted by Crippen LogP contribution is 2.21. The molecule has 0 N–H and O–H groups in total. The van der Waals surface area contributed by atoms with E-state index in [0.29, 0.717) is 21.6 Å². The van der Waals surface area contributed by atoms with Crippen LogP contribution in [0, 0.1) is 11.7 Å². The maximum Gasteiger partial charge on any atom is 0.363 e. The van der Waals surface area contributed by atoms with Crippen molar-refractivity contribution in [3.63, 3.8) is 0 Å². The Kier molecular flexibility index (Phi) is 5.55. The molecule has 0 aromatic carbocycles. The average molecular weight is 375 g/mol. The van der Waals surface area contributed by atoms with Crippen molar-refractivity contribution in [2.45, 2.75) is 6.42 Å². The number of aliphatic imine (C=N–C) groups is 1. The summed E-state index contributed by atoms with van der Waals surface area (Å²) in [5.41, 5.74) is -1.10. The molecule has 0 amide bonds. The number of hydrogen-bond donors (Lipinski definition) is 0. The van der Waals surface area contributed by atoms with Gasteiger partial charge in [-0.15, -0.1) is 0 Å². The number of halogens is 2. The van der Waals surface area contributed by atoms with Gasteiger partial charge in [0, 0.05) is 19.1 Å². The first-order chi connectivity index (χ1) is 11.2. The van der Waals surface area contributed by atoms with Gasteiger partial charge < -0.3 is 4.90 Å². The average Bonchev–Trinajstić information content (AvgIpc) is 2.49. The number of aromatic nitrogens is 2. The fourth-order valence-electron chi connectivity index (χ4n) is 1.98. The first kappa shape index (κ1) is 18.3. The number of allylic oxidation sites excluding steroid dienone is 4. The van der Waals surface area contributed by atoms with Crippen molar-refractivity contribution < 1.29 is 12.8 Å². The summed E-state index contributed by atoms with van der Waals surface area (Å²) in [7, 11) is -0.746. The van der Waals surface area contributed by atoms with Gasteiger partial charge in [-0.1, -0.05) is 23.8 Å². The summed E-state index contributed by atoms with van der Waals surface area (Å²) in [5.74, 6) is -2.17. The molecule has 24 heavy (non-hydrogen) atoms. The molecule has 0 radical (unpaired) electrons. The second-order valence-electron chi connectivity index (χ2n) is 5.42. The molecule has 2 rings (SSSR count). The Morgan fingerprint density at radius 2 is 2.25 bits per heavy atom. The first-order valence-electron chi connectivity index (χ1n) is 6.96. The Morgan fingerprint density at radius 3 is 2.83 bits per heavy atom. The molecule has 0 bridgehead atoms. The molecule has 1 aliphatic rings. The Hall–Kier alpha value is -2.00. The van der Waals surface area contributed by atoms with E-state index >= 15 is 0 Å². The Morgan fingerprint density at radius 1 is 1.54 bits per heavy atom. The lowest BCUT2D eigenvalue weighted by Gasteiger charge is -2.15. The van der Waals surface area contributed by atoms with Crippen LogP contribution in [0.5, 0.6) is 0 Å². The maximum atomic E-state index is 14.0. The van der Waals surface area contributed by atoms with Crippen molar-refractivity contribution >= 4 is 33.8 Å². The van der Waals surface area contributed by atoms with Crippen molar-refractivity contribution in [1.82, 2.24) is 13.9 Å². The summed E-state index contributed by atoms with van der Waals surface area (Å²) < 4.78 is 39.0. The monoisotopic (exact) mass is 374 g/mol. The topological polar surface area (TPSA) is 84.6 Å². The molecule has 1 aromatic heterocycles. The van der Waals surface area contributed by atoms with E-state index in [9.17, 15) is 17.6 Å². The van der Waals surface area contributed by atoms with Crippen molar-refractivity contribution in [2.24, 2.45) is 10.9 Å². The molecule has 1 aromatic rings. The minimum Gasteiger partial charge on any atom is -0.369 e. The molecule has 10 heteroatoms. The summed E-state index contributed by atoms with van der Waals surface area (Å²) in [4.78, 5) is 20.6. The van der Waals surface area contributed by atoms with Crippen molar-refractivity contribution in [2.75, 3.05) is 19.8 Å². The highest BCUT2D eigenvalue weighted by Gasteiger charge is 2.23. The van der Waals surface area contributed by atoms with E-state index in [1.807, 2.05) is 0 Å². The van der Waals surface area contributed by atoms with Crippen LogP contribution in [0.1, 0.15) is 6.42 Å². The smallest absolute Gasteiger partial charge is 0.363 e. The molecule has 0 saturated heterocycles. The Balaban J connectivity index is 2.29. The number of hydrogen-bond acceptors (Lipinski definition) is 5. The lowest BCUT2D eigenvalue weighted by Crippen LogP contribution is -2.33. The first-order valence-corrected chi connectivity index (χ1v) is 8.94. The van der Waals surface area contributed by atoms with Gasteiger partial charge in [0.25, 0.3) is 0 Å². The molecule has 1 unspecified atom stereocenters. The van der Waals surface area contributed by atoms with Crippen molar-refractivity contribution in [3.05, 3.63) is 45.8 Å². The summed E-state index contributed by atoms with van der Waals surface area (Å²) in [6.45, 7) is 0. The van der Waals surface area contributed by atoms with Crippen LogP contribution in [-0.2, 0) is 10.0 Å². The molecule has 0 aliphatic heterocycles. The Bertz CT molecular complexity index is 874. The van der Waals surface area contributed by atoms with Gasteiger partial charge >= 0.3 is 5.69 Å². The second kappa shape index (κ2) is 7.27. The van der Waals surface area contributed by atoms with Crippen LogP contribution in [-0.4, -0.2) is 48.5 Å². The van der Waals surface area contributed by atoms with Crippen molar-refractivity contribution in [1.29, 1.82) is 0 Å². The number of nitrogens with zero attached hydrogens (tertiary/aromatic N) is 4. The maximum absolute atomic E-state index is 14.0. The van der Waals surface area contributed by atoms with Crippen LogP contribution in [0.3, 0.4) is 0 Å². The third-order valence-electron chi connectivity index (χ3n) is 3.11. The highest BCUT2D eigenvalue weighted by molar-refractivity contribution is 7.89. The number of rotatable bonds is 5. The fraction of sp³-hybridized carbons (Fsp3) is 0.357. The van der Waals surface area contributed by atoms with E-state index in [0.717, 1.165) is 0 Å². The van der Waals surface area contributed by atoms with Gasteiger partial charge in [-0.2, -0.15) is 8.96 Å². The van der Waals surface area contributed by atoms with Gasteiger partial charge in [0.2, 0.25) is 10.0 Å². The second-order valence-corrected chi connectivity index (χ2v) is 7.75.